The molecule has 20 heavy (non-hydrogen) atoms. The second-order valence-corrected chi connectivity index (χ2v) is 5.16. The number of hydrogen-bond donors (Lipinski definition) is 1. The van der Waals surface area contributed by atoms with Crippen LogP contribution in [0, 0.1) is 11.6 Å². The van der Waals surface area contributed by atoms with Gasteiger partial charge < -0.3 is 5.32 Å². The molecule has 0 aromatic heterocycles. The third kappa shape index (κ3) is 3.78. The summed E-state index contributed by atoms with van der Waals surface area (Å²) in [7, 11) is 1.79. The molecule has 0 amide bonds. The lowest BCUT2D eigenvalue weighted by Crippen LogP contribution is -2.30. The van der Waals surface area contributed by atoms with Crippen molar-refractivity contribution in [2.75, 3.05) is 7.05 Å². The van der Waals surface area contributed by atoms with E-state index in [-0.39, 0.29) is 17.7 Å². The zero-order chi connectivity index (χ0) is 14.5. The molecule has 0 saturated heterocycles. The molecule has 0 fully saturated rings. The molecule has 106 valence electrons. The van der Waals surface area contributed by atoms with E-state index >= 15 is 0 Å². The molecule has 0 heterocycles. The van der Waals surface area contributed by atoms with Gasteiger partial charge in [-0.2, -0.15) is 0 Å². The molecule has 0 saturated carbocycles. The van der Waals surface area contributed by atoms with Crippen LogP contribution in [0.2, 0.25) is 5.02 Å². The van der Waals surface area contributed by atoms with E-state index in [0.29, 0.717) is 29.0 Å². The van der Waals surface area contributed by atoms with E-state index in [2.05, 4.69) is 5.32 Å². The Bertz CT molecular complexity index is 586. The highest BCUT2D eigenvalue weighted by Gasteiger charge is 2.13. The van der Waals surface area contributed by atoms with Gasteiger partial charge in [0.15, 0.2) is 0 Å². The van der Waals surface area contributed by atoms with Gasteiger partial charge in [0.2, 0.25) is 0 Å². The molecule has 0 spiro atoms. The summed E-state index contributed by atoms with van der Waals surface area (Å²) in [6.45, 7) is 0. The Morgan fingerprint density at radius 1 is 1.00 bits per heavy atom. The van der Waals surface area contributed by atoms with Gasteiger partial charge in [-0.05, 0) is 55.3 Å². The molecule has 2 aromatic rings. The van der Waals surface area contributed by atoms with Crippen molar-refractivity contribution in [3.63, 3.8) is 0 Å². The smallest absolute Gasteiger partial charge is 0.126 e. The fourth-order valence-electron chi connectivity index (χ4n) is 2.17. The zero-order valence-electron chi connectivity index (χ0n) is 11.2. The van der Waals surface area contributed by atoms with Gasteiger partial charge in [0.25, 0.3) is 0 Å². The maximum absolute atomic E-state index is 13.7. The van der Waals surface area contributed by atoms with Crippen molar-refractivity contribution in [3.8, 4) is 0 Å². The van der Waals surface area contributed by atoms with Crippen LogP contribution in [0.1, 0.15) is 11.1 Å². The monoisotopic (exact) mass is 295 g/mol. The molecule has 0 aliphatic carbocycles. The normalized spacial score (nSPS) is 12.4. The molecule has 0 radical (unpaired) electrons. The first-order valence-corrected chi connectivity index (χ1v) is 6.82. The number of hydrogen-bond acceptors (Lipinski definition) is 1. The number of nitrogens with one attached hydrogen (secondary N) is 1. The topological polar surface area (TPSA) is 12.0 Å². The van der Waals surface area contributed by atoms with Gasteiger partial charge in [-0.25, -0.2) is 8.78 Å². The van der Waals surface area contributed by atoms with Gasteiger partial charge in [-0.3, -0.25) is 0 Å². The highest BCUT2D eigenvalue weighted by molar-refractivity contribution is 6.30. The van der Waals surface area contributed by atoms with Gasteiger partial charge in [-0.15, -0.1) is 0 Å². The van der Waals surface area contributed by atoms with E-state index in [4.69, 9.17) is 11.6 Å². The molecule has 2 rings (SSSR count). The third-order valence-corrected chi connectivity index (χ3v) is 3.54. The van der Waals surface area contributed by atoms with Gasteiger partial charge in [-0.1, -0.05) is 29.8 Å². The average molecular weight is 296 g/mol. The van der Waals surface area contributed by atoms with Crippen LogP contribution in [0.25, 0.3) is 0 Å². The van der Waals surface area contributed by atoms with Crippen molar-refractivity contribution in [2.24, 2.45) is 0 Å². The van der Waals surface area contributed by atoms with Gasteiger partial charge >= 0.3 is 0 Å². The van der Waals surface area contributed by atoms with Crippen LogP contribution in [0.15, 0.2) is 42.5 Å². The molecule has 1 N–H and O–H groups in total. The standard InChI is InChI=1S/C16H16ClF2N/c1-20-14(9-11-4-2-3-5-15(11)18)10-12-8-13(17)6-7-16(12)19/h2-8,14,20H,9-10H2,1H3. The molecule has 1 unspecified atom stereocenters. The predicted octanol–water partition coefficient (Wildman–Crippen LogP) is 3.99. The van der Waals surface area contributed by atoms with Crippen molar-refractivity contribution in [3.05, 3.63) is 70.2 Å². The first-order valence-electron chi connectivity index (χ1n) is 6.44. The lowest BCUT2D eigenvalue weighted by molar-refractivity contribution is 0.517. The maximum Gasteiger partial charge on any atom is 0.126 e. The summed E-state index contributed by atoms with van der Waals surface area (Å²) >= 11 is 5.88. The quantitative estimate of drug-likeness (QED) is 0.879. The van der Waals surface area contributed by atoms with Gasteiger partial charge in [0, 0.05) is 11.1 Å². The molecule has 1 nitrogen and oxygen atoms in total. The van der Waals surface area contributed by atoms with Crippen LogP contribution < -0.4 is 5.32 Å². The maximum atomic E-state index is 13.7. The summed E-state index contributed by atoms with van der Waals surface area (Å²) in [5.74, 6) is -0.525. The fraction of sp³-hybridized carbons (Fsp3) is 0.250. The minimum absolute atomic E-state index is 0.0557. The summed E-state index contributed by atoms with van der Waals surface area (Å²) in [4.78, 5) is 0. The minimum Gasteiger partial charge on any atom is -0.316 e. The largest absolute Gasteiger partial charge is 0.316 e. The number of benzene rings is 2. The van der Waals surface area contributed by atoms with Crippen molar-refractivity contribution >= 4 is 11.6 Å². The van der Waals surface area contributed by atoms with E-state index in [0.717, 1.165) is 0 Å². The van der Waals surface area contributed by atoms with Gasteiger partial charge in [0.1, 0.15) is 11.6 Å². The van der Waals surface area contributed by atoms with Crippen LogP contribution in [-0.2, 0) is 12.8 Å². The Morgan fingerprint density at radius 2 is 1.65 bits per heavy atom. The fourth-order valence-corrected chi connectivity index (χ4v) is 2.37. The molecule has 1 atom stereocenters. The highest BCUT2D eigenvalue weighted by atomic mass is 35.5. The van der Waals surface area contributed by atoms with E-state index in [1.807, 2.05) is 0 Å². The summed E-state index contributed by atoms with van der Waals surface area (Å²) in [5, 5.41) is 3.60. The molecule has 4 heteroatoms. The van der Waals surface area contributed by atoms with E-state index in [9.17, 15) is 8.78 Å². The molecule has 2 aromatic carbocycles. The van der Waals surface area contributed by atoms with Crippen molar-refractivity contribution in [1.29, 1.82) is 0 Å². The lowest BCUT2D eigenvalue weighted by Gasteiger charge is -2.17. The third-order valence-electron chi connectivity index (χ3n) is 3.31. The predicted molar refractivity (Wildman–Crippen MR) is 78.1 cm³/mol. The molecular formula is C16H16ClF2N. The lowest BCUT2D eigenvalue weighted by atomic mass is 9.98. The average Bonchev–Trinajstić information content (AvgIpc) is 2.44. The minimum atomic E-state index is -0.289. The Labute approximate surface area is 122 Å². The molecule has 0 aliphatic rings. The molecule has 0 bridgehead atoms. The highest BCUT2D eigenvalue weighted by Crippen LogP contribution is 2.18. The van der Waals surface area contributed by atoms with Crippen LogP contribution >= 0.6 is 11.6 Å². The van der Waals surface area contributed by atoms with E-state index in [1.165, 1.54) is 18.2 Å². The molecular weight excluding hydrogens is 280 g/mol. The van der Waals surface area contributed by atoms with Crippen LogP contribution in [-0.4, -0.2) is 13.1 Å². The summed E-state index contributed by atoms with van der Waals surface area (Å²) in [5.41, 5.74) is 1.16. The Morgan fingerprint density at radius 3 is 2.35 bits per heavy atom. The summed E-state index contributed by atoms with van der Waals surface area (Å²) < 4.78 is 27.4. The number of rotatable bonds is 5. The van der Waals surface area contributed by atoms with Crippen molar-refractivity contribution < 1.29 is 8.78 Å². The second kappa shape index (κ2) is 6.82. The number of halogens is 3. The Hall–Kier alpha value is -1.45. The molecule has 0 aliphatic heterocycles. The van der Waals surface area contributed by atoms with Gasteiger partial charge in [0.05, 0.1) is 0 Å². The SMILES string of the molecule is CNC(Cc1ccccc1F)Cc1cc(Cl)ccc1F. The Balaban J connectivity index is 2.13. The second-order valence-electron chi connectivity index (χ2n) is 4.72. The van der Waals surface area contributed by atoms with Crippen LogP contribution in [0.5, 0.6) is 0 Å². The summed E-state index contributed by atoms with van der Waals surface area (Å²) in [6.07, 6.45) is 0.951. The van der Waals surface area contributed by atoms with E-state index < -0.39 is 0 Å². The van der Waals surface area contributed by atoms with E-state index in [1.54, 1.807) is 31.3 Å². The van der Waals surface area contributed by atoms with Crippen LogP contribution in [0.3, 0.4) is 0 Å². The van der Waals surface area contributed by atoms with Crippen molar-refractivity contribution in [1.82, 2.24) is 5.32 Å². The van der Waals surface area contributed by atoms with Crippen LogP contribution in [0.4, 0.5) is 8.78 Å². The first-order chi connectivity index (χ1) is 9.60. The summed E-state index contributed by atoms with van der Waals surface area (Å²) in [6, 6.07) is 11.1. The van der Waals surface area contributed by atoms with Crippen molar-refractivity contribution in [2.45, 2.75) is 18.9 Å². The number of likely N-dealkylation sites (N-methyl/N-ethyl adjacent to an activating group) is 1. The Kier molecular flexibility index (Phi) is 5.10. The zero-order valence-corrected chi connectivity index (χ0v) is 11.9. The first kappa shape index (κ1) is 14.9.